The molecule has 18 heavy (non-hydrogen) atoms. The number of ketones is 2. The third kappa shape index (κ3) is 1.37. The average Bonchev–Trinajstić information content (AvgIpc) is 2.53. The molecule has 3 nitrogen and oxygen atoms in total. The minimum atomic E-state index is -0.517. The monoisotopic (exact) mass is 238 g/mol. The summed E-state index contributed by atoms with van der Waals surface area (Å²) in [5.41, 5.74) is 1.22. The molecule has 1 aliphatic carbocycles. The van der Waals surface area contributed by atoms with Crippen molar-refractivity contribution in [3.05, 3.63) is 47.5 Å². The molecule has 1 aliphatic rings. The average molecular weight is 238 g/mol. The first-order valence-electron chi connectivity index (χ1n) is 5.59. The van der Waals surface area contributed by atoms with Gasteiger partial charge in [0, 0.05) is 5.39 Å². The van der Waals surface area contributed by atoms with Crippen molar-refractivity contribution in [2.75, 3.05) is 7.11 Å². The first-order valence-corrected chi connectivity index (χ1v) is 5.59. The lowest BCUT2D eigenvalue weighted by Crippen LogP contribution is -2.12. The van der Waals surface area contributed by atoms with Crippen LogP contribution < -0.4 is 4.74 Å². The highest BCUT2D eigenvalue weighted by molar-refractivity contribution is 6.51. The number of carbonyl (C=O) groups excluding carboxylic acids is 2. The van der Waals surface area contributed by atoms with Gasteiger partial charge in [-0.25, -0.2) is 0 Å². The predicted molar refractivity (Wildman–Crippen MR) is 68.9 cm³/mol. The highest BCUT2D eigenvalue weighted by Gasteiger charge is 2.24. The molecule has 0 heterocycles. The van der Waals surface area contributed by atoms with Crippen molar-refractivity contribution in [1.82, 2.24) is 0 Å². The van der Waals surface area contributed by atoms with Crippen LogP contribution in [0.5, 0.6) is 5.75 Å². The number of benzene rings is 2. The van der Waals surface area contributed by atoms with Gasteiger partial charge in [-0.05, 0) is 23.1 Å². The largest absolute Gasteiger partial charge is 0.496 e. The summed E-state index contributed by atoms with van der Waals surface area (Å²) in [5.74, 6) is -0.590. The molecule has 3 heteroatoms. The molecule has 2 aromatic carbocycles. The maximum Gasteiger partial charge on any atom is 0.237 e. The van der Waals surface area contributed by atoms with Crippen molar-refractivity contribution in [2.24, 2.45) is 0 Å². The Morgan fingerprint density at radius 1 is 1.00 bits per heavy atom. The fourth-order valence-corrected chi connectivity index (χ4v) is 2.29. The minimum Gasteiger partial charge on any atom is -0.496 e. The van der Waals surface area contributed by atoms with Crippen LogP contribution in [0.15, 0.2) is 36.4 Å². The highest BCUT2D eigenvalue weighted by atomic mass is 16.5. The Morgan fingerprint density at radius 2 is 1.83 bits per heavy atom. The molecule has 0 saturated carbocycles. The second kappa shape index (κ2) is 3.81. The first-order chi connectivity index (χ1) is 8.72. The molecule has 3 rings (SSSR count). The summed E-state index contributed by atoms with van der Waals surface area (Å²) in [6, 6.07) is 9.31. The molecular formula is C15H10O3. The molecule has 0 saturated heterocycles. The van der Waals surface area contributed by atoms with Gasteiger partial charge in [0.25, 0.3) is 0 Å². The number of hydrogen-bond acceptors (Lipinski definition) is 3. The molecule has 0 spiro atoms. The topological polar surface area (TPSA) is 43.4 Å². The zero-order valence-electron chi connectivity index (χ0n) is 9.77. The Balaban J connectivity index is 2.53. The summed E-state index contributed by atoms with van der Waals surface area (Å²) in [4.78, 5) is 23.8. The van der Waals surface area contributed by atoms with Gasteiger partial charge in [-0.3, -0.25) is 9.59 Å². The van der Waals surface area contributed by atoms with Gasteiger partial charge >= 0.3 is 0 Å². The zero-order valence-corrected chi connectivity index (χ0v) is 9.77. The van der Waals surface area contributed by atoms with Crippen LogP contribution in [-0.4, -0.2) is 18.7 Å². The minimum absolute atomic E-state index is 0.362. The van der Waals surface area contributed by atoms with Gasteiger partial charge in [0.15, 0.2) is 0 Å². The lowest BCUT2D eigenvalue weighted by atomic mass is 9.97. The lowest BCUT2D eigenvalue weighted by molar-refractivity contribution is -0.110. The molecule has 0 unspecified atom stereocenters. The van der Waals surface area contributed by atoms with E-state index in [2.05, 4.69) is 0 Å². The molecule has 0 fully saturated rings. The van der Waals surface area contributed by atoms with Gasteiger partial charge < -0.3 is 4.74 Å². The second-order valence-corrected chi connectivity index (χ2v) is 4.11. The molecule has 0 amide bonds. The number of hydrogen-bond donors (Lipinski definition) is 0. The van der Waals surface area contributed by atoms with Crippen LogP contribution >= 0.6 is 0 Å². The van der Waals surface area contributed by atoms with Crippen LogP contribution in [-0.2, 0) is 4.79 Å². The predicted octanol–water partition coefficient (Wildman–Crippen LogP) is 2.63. The molecule has 0 bridgehead atoms. The van der Waals surface area contributed by atoms with E-state index in [-0.39, 0.29) is 0 Å². The van der Waals surface area contributed by atoms with E-state index in [1.807, 2.05) is 24.3 Å². The fourth-order valence-electron chi connectivity index (χ4n) is 2.29. The van der Waals surface area contributed by atoms with E-state index in [0.29, 0.717) is 11.3 Å². The lowest BCUT2D eigenvalue weighted by Gasteiger charge is -2.10. The van der Waals surface area contributed by atoms with E-state index in [1.54, 1.807) is 12.1 Å². The summed E-state index contributed by atoms with van der Waals surface area (Å²) >= 11 is 0. The highest BCUT2D eigenvalue weighted by Crippen LogP contribution is 2.33. The molecule has 0 aromatic heterocycles. The Bertz CT molecular complexity index is 711. The summed E-state index contributed by atoms with van der Waals surface area (Å²) in [6.45, 7) is 0. The van der Waals surface area contributed by atoms with Crippen molar-refractivity contribution in [1.29, 1.82) is 0 Å². The number of allylic oxidation sites excluding steroid dienone is 1. The van der Waals surface area contributed by atoms with Crippen molar-refractivity contribution < 1.29 is 14.3 Å². The quantitative estimate of drug-likeness (QED) is 0.717. The van der Waals surface area contributed by atoms with Gasteiger partial charge in [0.2, 0.25) is 11.6 Å². The summed E-state index contributed by atoms with van der Waals surface area (Å²) in [5, 5.41) is 1.71. The molecule has 0 radical (unpaired) electrons. The third-order valence-corrected chi connectivity index (χ3v) is 3.12. The molecule has 2 aromatic rings. The SMILES string of the molecule is COc1ccc2cccc3c2c1C(=O)C(=O)C=C3. The Hall–Kier alpha value is -2.42. The number of rotatable bonds is 1. The van der Waals surface area contributed by atoms with Crippen molar-refractivity contribution in [2.45, 2.75) is 0 Å². The van der Waals surface area contributed by atoms with Gasteiger partial charge in [-0.15, -0.1) is 0 Å². The normalized spacial score (nSPS) is 13.8. The van der Waals surface area contributed by atoms with E-state index in [9.17, 15) is 9.59 Å². The number of carbonyl (C=O) groups is 2. The Labute approximate surface area is 104 Å². The number of Topliss-reactive ketones (excluding diaryl/α,β-unsaturated/α-hetero) is 1. The van der Waals surface area contributed by atoms with E-state index >= 15 is 0 Å². The van der Waals surface area contributed by atoms with Gasteiger partial charge in [0.1, 0.15) is 5.75 Å². The van der Waals surface area contributed by atoms with E-state index in [4.69, 9.17) is 4.74 Å². The fraction of sp³-hybridized carbons (Fsp3) is 0.0667. The first kappa shape index (κ1) is 10.7. The van der Waals surface area contributed by atoms with Crippen LogP contribution in [0, 0.1) is 0 Å². The molecule has 0 atom stereocenters. The summed E-state index contributed by atoms with van der Waals surface area (Å²) < 4.78 is 5.21. The standard InChI is InChI=1S/C15H10O3/c1-18-12-8-6-10-4-2-3-9-5-7-11(16)15(17)14(12)13(9)10/h2-8H,1H3. The molecule has 88 valence electrons. The molecule has 0 aliphatic heterocycles. The molecular weight excluding hydrogens is 228 g/mol. The van der Waals surface area contributed by atoms with Crippen LogP contribution in [0.1, 0.15) is 15.9 Å². The maximum absolute atomic E-state index is 12.1. The number of ether oxygens (including phenoxy) is 1. The van der Waals surface area contributed by atoms with E-state index in [0.717, 1.165) is 16.3 Å². The number of methoxy groups -OCH3 is 1. The van der Waals surface area contributed by atoms with E-state index in [1.165, 1.54) is 13.2 Å². The van der Waals surface area contributed by atoms with Crippen molar-refractivity contribution in [3.63, 3.8) is 0 Å². The van der Waals surface area contributed by atoms with Crippen molar-refractivity contribution in [3.8, 4) is 5.75 Å². The van der Waals surface area contributed by atoms with Crippen LogP contribution in [0.25, 0.3) is 16.8 Å². The smallest absolute Gasteiger partial charge is 0.237 e. The van der Waals surface area contributed by atoms with Crippen LogP contribution in [0.2, 0.25) is 0 Å². The van der Waals surface area contributed by atoms with Crippen LogP contribution in [0.4, 0.5) is 0 Å². The Kier molecular flexibility index (Phi) is 2.27. The van der Waals surface area contributed by atoms with E-state index < -0.39 is 11.6 Å². The van der Waals surface area contributed by atoms with Gasteiger partial charge in [-0.2, -0.15) is 0 Å². The second-order valence-electron chi connectivity index (χ2n) is 4.11. The summed E-state index contributed by atoms with van der Waals surface area (Å²) in [7, 11) is 1.50. The maximum atomic E-state index is 12.1. The Morgan fingerprint density at radius 3 is 2.61 bits per heavy atom. The summed E-state index contributed by atoms with van der Waals surface area (Å²) in [6.07, 6.45) is 3.00. The van der Waals surface area contributed by atoms with Crippen molar-refractivity contribution >= 4 is 28.4 Å². The van der Waals surface area contributed by atoms with Crippen LogP contribution in [0.3, 0.4) is 0 Å². The van der Waals surface area contributed by atoms with Gasteiger partial charge in [0.05, 0.1) is 12.7 Å². The third-order valence-electron chi connectivity index (χ3n) is 3.12. The zero-order chi connectivity index (χ0) is 12.7. The molecule has 0 N–H and O–H groups in total. The van der Waals surface area contributed by atoms with Gasteiger partial charge in [-0.1, -0.05) is 30.3 Å².